The maximum atomic E-state index is 12.6. The average Bonchev–Trinajstić information content (AvgIpc) is 2.64. The molecule has 0 saturated heterocycles. The summed E-state index contributed by atoms with van der Waals surface area (Å²) in [5.74, 6) is 4.11. The van der Waals surface area contributed by atoms with Crippen LogP contribution >= 0.6 is 0 Å². The maximum absolute atomic E-state index is 12.6. The van der Waals surface area contributed by atoms with Crippen LogP contribution in [0.4, 0.5) is 0 Å². The molecule has 0 aromatic carbocycles. The first-order valence-corrected chi connectivity index (χ1v) is 7.13. The van der Waals surface area contributed by atoms with E-state index < -0.39 is 0 Å². The zero-order chi connectivity index (χ0) is 11.4. The molecule has 0 heterocycles. The smallest absolute Gasteiger partial charge is 0.140 e. The molecule has 0 aromatic heterocycles. The van der Waals surface area contributed by atoms with E-state index in [-0.39, 0.29) is 0 Å². The van der Waals surface area contributed by atoms with Crippen LogP contribution in [0.1, 0.15) is 25.7 Å². The van der Waals surface area contributed by atoms with Gasteiger partial charge in [0, 0.05) is 11.8 Å². The van der Waals surface area contributed by atoms with Crippen molar-refractivity contribution in [2.45, 2.75) is 25.7 Å². The Labute approximate surface area is 102 Å². The van der Waals surface area contributed by atoms with Crippen LogP contribution in [0, 0.1) is 40.9 Å². The zero-order valence-corrected chi connectivity index (χ0v) is 10.1. The Bertz CT molecular complexity index is 482. The van der Waals surface area contributed by atoms with E-state index >= 15 is 0 Å². The molecule has 0 aliphatic heterocycles. The first-order chi connectivity index (χ1) is 8.22. The quantitative estimate of drug-likeness (QED) is 0.580. The van der Waals surface area contributed by atoms with Gasteiger partial charge in [-0.05, 0) is 54.8 Å². The van der Waals surface area contributed by atoms with Gasteiger partial charge in [-0.25, -0.2) is 0 Å². The van der Waals surface area contributed by atoms with Gasteiger partial charge in [0.05, 0.1) is 0 Å². The van der Waals surface area contributed by atoms with Crippen LogP contribution in [0.5, 0.6) is 0 Å². The van der Waals surface area contributed by atoms with Gasteiger partial charge in [0.1, 0.15) is 5.78 Å². The van der Waals surface area contributed by atoms with E-state index in [1.165, 1.54) is 24.8 Å². The molecule has 1 spiro atoms. The number of hydrogen-bond acceptors (Lipinski definition) is 1. The molecule has 0 amide bonds. The number of hydrogen-bond donors (Lipinski definition) is 0. The molecule has 17 heavy (non-hydrogen) atoms. The van der Waals surface area contributed by atoms with E-state index in [2.05, 4.69) is 18.7 Å². The van der Waals surface area contributed by atoms with Crippen LogP contribution in [-0.4, -0.2) is 5.78 Å². The van der Waals surface area contributed by atoms with Crippen molar-refractivity contribution in [2.75, 3.05) is 0 Å². The Morgan fingerprint density at radius 3 is 2.76 bits per heavy atom. The first-order valence-electron chi connectivity index (χ1n) is 7.13. The van der Waals surface area contributed by atoms with Gasteiger partial charge >= 0.3 is 0 Å². The van der Waals surface area contributed by atoms with Crippen molar-refractivity contribution >= 4 is 5.78 Å². The normalized spacial score (nSPS) is 55.8. The topological polar surface area (TPSA) is 17.1 Å². The third kappa shape index (κ3) is 0.802. The second-order valence-corrected chi connectivity index (χ2v) is 7.05. The Balaban J connectivity index is 1.67. The van der Waals surface area contributed by atoms with E-state index in [1.54, 1.807) is 0 Å². The van der Waals surface area contributed by atoms with Crippen molar-refractivity contribution in [1.29, 1.82) is 0 Å². The van der Waals surface area contributed by atoms with Crippen LogP contribution < -0.4 is 0 Å². The third-order valence-corrected chi connectivity index (χ3v) is 6.66. The summed E-state index contributed by atoms with van der Waals surface area (Å²) < 4.78 is 0. The molecular weight excluding hydrogens is 208 g/mol. The minimum absolute atomic E-state index is 0.366. The van der Waals surface area contributed by atoms with Gasteiger partial charge in [0.2, 0.25) is 0 Å². The molecule has 1 nitrogen and oxygen atoms in total. The lowest BCUT2D eigenvalue weighted by Gasteiger charge is -2.29. The number of rotatable bonds is 0. The molecule has 4 fully saturated rings. The van der Waals surface area contributed by atoms with E-state index in [1.807, 2.05) is 0 Å². The van der Waals surface area contributed by atoms with Gasteiger partial charge < -0.3 is 0 Å². The largest absolute Gasteiger partial charge is 0.299 e. The number of allylic oxidation sites excluding steroid dienone is 3. The molecule has 2 bridgehead atoms. The highest BCUT2D eigenvalue weighted by molar-refractivity contribution is 5.89. The van der Waals surface area contributed by atoms with Gasteiger partial charge in [-0.3, -0.25) is 4.79 Å². The highest BCUT2D eigenvalue weighted by Crippen LogP contribution is 2.74. The van der Waals surface area contributed by atoms with E-state index in [0.717, 1.165) is 12.3 Å². The van der Waals surface area contributed by atoms with Gasteiger partial charge in [-0.15, -0.1) is 0 Å². The lowest BCUT2D eigenvalue weighted by molar-refractivity contribution is -0.124. The van der Waals surface area contributed by atoms with Gasteiger partial charge in [-0.1, -0.05) is 24.3 Å². The van der Waals surface area contributed by atoms with Gasteiger partial charge in [0.25, 0.3) is 0 Å². The Hall–Kier alpha value is -0.850. The summed E-state index contributed by atoms with van der Waals surface area (Å²) in [5.41, 5.74) is 1.85. The number of carbonyl (C=O) groups excluding carboxylic acids is 1. The summed E-state index contributed by atoms with van der Waals surface area (Å²) >= 11 is 0. The molecule has 0 N–H and O–H groups in total. The second kappa shape index (κ2) is 2.46. The molecule has 0 radical (unpaired) electrons. The Kier molecular flexibility index (Phi) is 1.32. The molecule has 0 unspecified atom stereocenters. The molecule has 5 rings (SSSR count). The van der Waals surface area contributed by atoms with Crippen molar-refractivity contribution in [1.82, 2.24) is 0 Å². The Morgan fingerprint density at radius 1 is 1.24 bits per heavy atom. The van der Waals surface area contributed by atoms with Crippen LogP contribution in [0.2, 0.25) is 0 Å². The fourth-order valence-electron chi connectivity index (χ4n) is 5.95. The average molecular weight is 226 g/mol. The van der Waals surface area contributed by atoms with Crippen molar-refractivity contribution in [3.8, 4) is 0 Å². The van der Waals surface area contributed by atoms with E-state index in [9.17, 15) is 4.79 Å². The second-order valence-electron chi connectivity index (χ2n) is 7.05. The number of fused-ring (bicyclic) bond motifs is 8. The minimum atomic E-state index is 0.366. The monoisotopic (exact) mass is 226 g/mol. The zero-order valence-electron chi connectivity index (χ0n) is 10.1. The predicted molar refractivity (Wildman–Crippen MR) is 65.1 cm³/mol. The molecular formula is C16H18O. The van der Waals surface area contributed by atoms with Crippen LogP contribution in [0.15, 0.2) is 24.3 Å². The molecule has 6 atom stereocenters. The first kappa shape index (κ1) is 9.13. The SMILES string of the molecule is C=C1C[C@@H]2C(=O)[C@@H]3[C@H]([C@@H]2C12CC2)[C@@H]1C=C[C@H]3C1. The standard InChI is InChI=1S/C16H18O/c1-8-6-11-14(16(8)4-5-16)12-9-2-3-10(7-9)13(12)15(11)17/h2-3,9-14H,1,4-7H2/t9-,10+,11+,12-,13+,14-/m1/s1. The van der Waals surface area contributed by atoms with E-state index in [4.69, 9.17) is 0 Å². The van der Waals surface area contributed by atoms with Crippen molar-refractivity contribution in [2.24, 2.45) is 40.9 Å². The highest BCUT2D eigenvalue weighted by Gasteiger charge is 2.71. The molecule has 0 aromatic rings. The third-order valence-electron chi connectivity index (χ3n) is 6.66. The summed E-state index contributed by atoms with van der Waals surface area (Å²) in [5, 5.41) is 0. The highest BCUT2D eigenvalue weighted by atomic mass is 16.1. The Morgan fingerprint density at radius 2 is 2.00 bits per heavy atom. The number of Topliss-reactive ketones (excluding diaryl/α,β-unsaturated/α-hetero) is 1. The number of ketones is 1. The van der Waals surface area contributed by atoms with Crippen LogP contribution in [0.25, 0.3) is 0 Å². The van der Waals surface area contributed by atoms with Gasteiger partial charge in [-0.2, -0.15) is 0 Å². The summed E-state index contributed by atoms with van der Waals surface area (Å²) in [6.45, 7) is 4.29. The van der Waals surface area contributed by atoms with Crippen LogP contribution in [0.3, 0.4) is 0 Å². The van der Waals surface area contributed by atoms with Crippen LogP contribution in [-0.2, 0) is 4.79 Å². The van der Waals surface area contributed by atoms with Crippen molar-refractivity contribution in [3.63, 3.8) is 0 Å². The molecule has 5 aliphatic rings. The lowest BCUT2D eigenvalue weighted by Crippen LogP contribution is -2.26. The van der Waals surface area contributed by atoms with E-state index in [0.29, 0.717) is 40.8 Å². The summed E-state index contributed by atoms with van der Waals surface area (Å²) in [6, 6.07) is 0. The molecule has 5 aliphatic carbocycles. The maximum Gasteiger partial charge on any atom is 0.140 e. The minimum Gasteiger partial charge on any atom is -0.299 e. The van der Waals surface area contributed by atoms with Crippen molar-refractivity contribution in [3.05, 3.63) is 24.3 Å². The van der Waals surface area contributed by atoms with Crippen molar-refractivity contribution < 1.29 is 4.79 Å². The molecule has 1 heteroatoms. The summed E-state index contributed by atoms with van der Waals surface area (Å²) in [7, 11) is 0. The molecule has 88 valence electrons. The number of carbonyl (C=O) groups is 1. The summed E-state index contributed by atoms with van der Waals surface area (Å²) in [6.07, 6.45) is 9.69. The molecule has 4 saturated carbocycles. The van der Waals surface area contributed by atoms with Gasteiger partial charge in [0.15, 0.2) is 0 Å². The fraction of sp³-hybridized carbons (Fsp3) is 0.688. The lowest BCUT2D eigenvalue weighted by atomic mass is 9.74. The fourth-order valence-corrected chi connectivity index (χ4v) is 5.95. The predicted octanol–water partition coefficient (Wildman–Crippen LogP) is 2.98. The summed E-state index contributed by atoms with van der Waals surface area (Å²) in [4.78, 5) is 12.6.